The zero-order chi connectivity index (χ0) is 17.3. The van der Waals surface area contributed by atoms with Gasteiger partial charge in [0.25, 0.3) is 0 Å². The molecule has 1 fully saturated rings. The molecule has 0 heterocycles. The number of nitrogens with one attached hydrogen (secondary N) is 1. The van der Waals surface area contributed by atoms with Gasteiger partial charge in [-0.2, -0.15) is 0 Å². The second kappa shape index (κ2) is 6.46. The van der Waals surface area contributed by atoms with Crippen molar-refractivity contribution < 1.29 is 9.53 Å². The Morgan fingerprint density at radius 2 is 2.00 bits per heavy atom. The lowest BCUT2D eigenvalue weighted by Crippen LogP contribution is -2.35. The lowest BCUT2D eigenvalue weighted by atomic mass is 9.80. The minimum atomic E-state index is -0.384. The van der Waals surface area contributed by atoms with Crippen LogP contribution in [0.3, 0.4) is 0 Å². The zero-order valence-corrected chi connectivity index (χ0v) is 14.9. The summed E-state index contributed by atoms with van der Waals surface area (Å²) in [6.45, 7) is 10.9. The van der Waals surface area contributed by atoms with E-state index in [1.54, 1.807) is 0 Å². The molecule has 2 aliphatic carbocycles. The molecule has 0 aliphatic heterocycles. The number of rotatable bonds is 2. The number of allylic oxidation sites excluding steroid dienone is 2. The van der Waals surface area contributed by atoms with Crippen LogP contribution in [-0.4, -0.2) is 12.2 Å². The number of carbonyl (C=O) groups excluding carboxylic acids is 1. The number of anilines is 1. The van der Waals surface area contributed by atoms with Gasteiger partial charge in [-0.15, -0.1) is 0 Å². The fraction of sp³-hybridized carbons (Fsp3) is 0.476. The van der Waals surface area contributed by atoms with Crippen LogP contribution >= 0.6 is 0 Å². The number of ether oxygens (including phenoxy) is 1. The highest BCUT2D eigenvalue weighted by Gasteiger charge is 2.41. The second-order valence-electron chi connectivity index (χ2n) is 7.81. The largest absolute Gasteiger partial charge is 0.445 e. The third-order valence-electron chi connectivity index (χ3n) is 5.50. The van der Waals surface area contributed by atoms with Crippen LogP contribution in [0.25, 0.3) is 0 Å². The van der Waals surface area contributed by atoms with E-state index >= 15 is 0 Å². The second-order valence-corrected chi connectivity index (χ2v) is 7.81. The number of para-hydroxylation sites is 1. The van der Waals surface area contributed by atoms with Crippen LogP contribution in [0.1, 0.15) is 46.5 Å². The molecule has 1 N–H and O–H groups in total. The predicted molar refractivity (Wildman–Crippen MR) is 97.9 cm³/mol. The number of amides is 1. The van der Waals surface area contributed by atoms with Crippen molar-refractivity contribution in [2.45, 2.75) is 52.6 Å². The first-order valence-electron chi connectivity index (χ1n) is 8.75. The number of carbonyl (C=O) groups is 1. The highest BCUT2D eigenvalue weighted by atomic mass is 16.6. The molecule has 3 rings (SSSR count). The highest BCUT2D eigenvalue weighted by molar-refractivity contribution is 5.84. The average molecular weight is 325 g/mol. The third-order valence-corrected chi connectivity index (χ3v) is 5.50. The van der Waals surface area contributed by atoms with Gasteiger partial charge in [0, 0.05) is 23.4 Å². The molecule has 24 heavy (non-hydrogen) atoms. The summed E-state index contributed by atoms with van der Waals surface area (Å²) in [4.78, 5) is 12.3. The van der Waals surface area contributed by atoms with Crippen molar-refractivity contribution in [1.82, 2.24) is 0 Å². The van der Waals surface area contributed by atoms with Gasteiger partial charge in [0.15, 0.2) is 0 Å². The first kappa shape index (κ1) is 16.8. The van der Waals surface area contributed by atoms with Crippen molar-refractivity contribution in [3.05, 3.63) is 53.6 Å². The molecule has 2 atom stereocenters. The van der Waals surface area contributed by atoms with Crippen LogP contribution in [0.2, 0.25) is 0 Å². The minimum absolute atomic E-state index is 0.0906. The van der Waals surface area contributed by atoms with Gasteiger partial charge in [-0.05, 0) is 38.3 Å². The smallest absolute Gasteiger partial charge is 0.411 e. The fourth-order valence-electron chi connectivity index (χ4n) is 3.98. The maximum atomic E-state index is 12.3. The van der Waals surface area contributed by atoms with Gasteiger partial charge >= 0.3 is 6.09 Å². The van der Waals surface area contributed by atoms with Crippen LogP contribution in [0.15, 0.2) is 53.6 Å². The predicted octanol–water partition coefficient (Wildman–Crippen LogP) is 5.71. The maximum Gasteiger partial charge on any atom is 0.411 e. The Morgan fingerprint density at radius 1 is 1.29 bits per heavy atom. The molecule has 0 spiro atoms. The first-order chi connectivity index (χ1) is 11.4. The summed E-state index contributed by atoms with van der Waals surface area (Å²) in [6.07, 6.45) is 3.53. The van der Waals surface area contributed by atoms with E-state index < -0.39 is 0 Å². The number of hydrogen-bond donors (Lipinski definition) is 1. The molecular formula is C21H27NO2. The van der Waals surface area contributed by atoms with Crippen LogP contribution in [0.5, 0.6) is 0 Å². The molecule has 1 saturated carbocycles. The number of hydrogen-bond acceptors (Lipinski definition) is 2. The number of benzene rings is 1. The van der Waals surface area contributed by atoms with Crippen molar-refractivity contribution in [1.29, 1.82) is 0 Å². The molecule has 0 radical (unpaired) electrons. The normalized spacial score (nSPS) is 25.9. The standard InChI is InChI=1S/C21H27NO2/c1-14-10-11-17-15(2)12-19(21(3,4)13-18(14)17)24-20(23)22-16-8-6-5-7-9-16/h5-9,17,19H,2,10-13H2,1,3-4H3,(H,22,23)/t17-,19-/m0/s1. The summed E-state index contributed by atoms with van der Waals surface area (Å²) in [5.41, 5.74) is 4.91. The highest BCUT2D eigenvalue weighted by Crippen LogP contribution is 2.49. The Bertz CT molecular complexity index is 672. The van der Waals surface area contributed by atoms with E-state index in [1.807, 2.05) is 30.3 Å². The topological polar surface area (TPSA) is 38.3 Å². The Morgan fingerprint density at radius 3 is 2.71 bits per heavy atom. The molecule has 0 bridgehead atoms. The molecule has 1 amide bonds. The molecule has 0 unspecified atom stereocenters. The quantitative estimate of drug-likeness (QED) is 0.708. The van der Waals surface area contributed by atoms with Gasteiger partial charge in [-0.1, -0.05) is 55.3 Å². The van der Waals surface area contributed by atoms with Gasteiger partial charge in [-0.3, -0.25) is 5.32 Å². The lowest BCUT2D eigenvalue weighted by Gasteiger charge is -2.32. The molecular weight excluding hydrogens is 298 g/mol. The van der Waals surface area contributed by atoms with Gasteiger partial charge in [0.1, 0.15) is 6.10 Å². The van der Waals surface area contributed by atoms with Crippen molar-refractivity contribution in [3.8, 4) is 0 Å². The van der Waals surface area contributed by atoms with E-state index in [0.717, 1.165) is 18.5 Å². The van der Waals surface area contributed by atoms with Gasteiger partial charge in [0.2, 0.25) is 0 Å². The van der Waals surface area contributed by atoms with Crippen LogP contribution in [-0.2, 0) is 4.74 Å². The molecule has 1 aromatic rings. The van der Waals surface area contributed by atoms with Crippen molar-refractivity contribution in [2.24, 2.45) is 11.3 Å². The van der Waals surface area contributed by atoms with Crippen LogP contribution in [0.4, 0.5) is 10.5 Å². The summed E-state index contributed by atoms with van der Waals surface area (Å²) in [5, 5.41) is 2.82. The Hall–Kier alpha value is -2.03. The van der Waals surface area contributed by atoms with Crippen molar-refractivity contribution >= 4 is 11.8 Å². The van der Waals surface area contributed by atoms with E-state index in [-0.39, 0.29) is 17.6 Å². The monoisotopic (exact) mass is 325 g/mol. The lowest BCUT2D eigenvalue weighted by molar-refractivity contribution is 0.0337. The average Bonchev–Trinajstić information content (AvgIpc) is 2.83. The summed E-state index contributed by atoms with van der Waals surface area (Å²) in [5.74, 6) is 0.482. The summed E-state index contributed by atoms with van der Waals surface area (Å²) < 4.78 is 5.83. The SMILES string of the molecule is C=C1C[C@H](OC(=O)Nc2ccccc2)C(C)(C)CC2=C(C)CC[C@@H]12. The Kier molecular flexibility index (Phi) is 4.53. The van der Waals surface area contributed by atoms with Crippen LogP contribution in [0, 0.1) is 11.3 Å². The van der Waals surface area contributed by atoms with Gasteiger partial charge in [-0.25, -0.2) is 4.79 Å². The molecule has 0 aromatic heterocycles. The van der Waals surface area contributed by atoms with Crippen LogP contribution < -0.4 is 5.32 Å². The van der Waals surface area contributed by atoms with E-state index in [9.17, 15) is 4.79 Å². The Balaban J connectivity index is 1.74. The summed E-state index contributed by atoms with van der Waals surface area (Å²) >= 11 is 0. The van der Waals surface area contributed by atoms with E-state index in [1.165, 1.54) is 29.6 Å². The van der Waals surface area contributed by atoms with E-state index in [4.69, 9.17) is 4.74 Å². The minimum Gasteiger partial charge on any atom is -0.445 e. The summed E-state index contributed by atoms with van der Waals surface area (Å²) in [7, 11) is 0. The molecule has 128 valence electrons. The molecule has 3 heteroatoms. The summed E-state index contributed by atoms with van der Waals surface area (Å²) in [6, 6.07) is 9.42. The molecule has 1 aromatic carbocycles. The van der Waals surface area contributed by atoms with E-state index in [0.29, 0.717) is 5.92 Å². The zero-order valence-electron chi connectivity index (χ0n) is 14.9. The van der Waals surface area contributed by atoms with Crippen molar-refractivity contribution in [3.63, 3.8) is 0 Å². The fourth-order valence-corrected chi connectivity index (χ4v) is 3.98. The van der Waals surface area contributed by atoms with Crippen molar-refractivity contribution in [2.75, 3.05) is 5.32 Å². The molecule has 2 aliphatic rings. The molecule has 0 saturated heterocycles. The first-order valence-corrected chi connectivity index (χ1v) is 8.75. The van der Waals surface area contributed by atoms with Gasteiger partial charge < -0.3 is 4.74 Å². The Labute approximate surface area is 144 Å². The third kappa shape index (κ3) is 3.40. The molecule has 3 nitrogen and oxygen atoms in total. The number of fused-ring (bicyclic) bond motifs is 1. The maximum absolute atomic E-state index is 12.3. The van der Waals surface area contributed by atoms with Gasteiger partial charge in [0.05, 0.1) is 0 Å². The van der Waals surface area contributed by atoms with E-state index in [2.05, 4.69) is 32.7 Å².